The second-order valence-corrected chi connectivity index (χ2v) is 8.74. The lowest BCUT2D eigenvalue weighted by atomic mass is 10.2. The third kappa shape index (κ3) is 6.17. The van der Waals surface area contributed by atoms with Crippen molar-refractivity contribution < 1.29 is 19.0 Å². The highest BCUT2D eigenvalue weighted by molar-refractivity contribution is 7.17. The Hall–Kier alpha value is -3.33. The minimum Gasteiger partial charge on any atom is -0.489 e. The molecule has 1 amide bonds. The normalized spacial score (nSPS) is 10.6. The van der Waals surface area contributed by atoms with E-state index in [-0.39, 0.29) is 13.2 Å². The number of ether oxygens (including phenoxy) is 3. The van der Waals surface area contributed by atoms with Crippen molar-refractivity contribution >= 4 is 45.6 Å². The van der Waals surface area contributed by atoms with E-state index in [4.69, 9.17) is 37.4 Å². The quantitative estimate of drug-likeness (QED) is 0.283. The maximum Gasteiger partial charge on any atom is 0.295 e. The minimum absolute atomic E-state index is 0.225. The van der Waals surface area contributed by atoms with Gasteiger partial charge in [-0.1, -0.05) is 64.7 Å². The number of hydrogen-bond acceptors (Lipinski definition) is 7. The zero-order valence-electron chi connectivity index (χ0n) is 18.0. The van der Waals surface area contributed by atoms with E-state index in [1.807, 2.05) is 36.4 Å². The van der Waals surface area contributed by atoms with Gasteiger partial charge in [0.1, 0.15) is 24.7 Å². The van der Waals surface area contributed by atoms with Crippen molar-refractivity contribution in [1.82, 2.24) is 10.2 Å². The van der Waals surface area contributed by atoms with E-state index in [0.29, 0.717) is 37.4 Å². The summed E-state index contributed by atoms with van der Waals surface area (Å²) in [4.78, 5) is 12.9. The van der Waals surface area contributed by atoms with Gasteiger partial charge in [0.2, 0.25) is 5.13 Å². The van der Waals surface area contributed by atoms with Crippen LogP contribution in [-0.2, 0) is 13.2 Å². The van der Waals surface area contributed by atoms with Crippen LogP contribution in [0.25, 0.3) is 0 Å². The molecule has 0 saturated heterocycles. The van der Waals surface area contributed by atoms with Gasteiger partial charge < -0.3 is 14.2 Å². The predicted octanol–water partition coefficient (Wildman–Crippen LogP) is 6.26. The molecular formula is C24H19Cl2N3O4S. The number of aromatic nitrogens is 2. The minimum atomic E-state index is -0.399. The van der Waals surface area contributed by atoms with Gasteiger partial charge in [0, 0.05) is 32.8 Å². The molecule has 3 aromatic carbocycles. The fourth-order valence-corrected chi connectivity index (χ4v) is 3.87. The van der Waals surface area contributed by atoms with Crippen LogP contribution in [0.15, 0.2) is 66.7 Å². The number of hydrogen-bond donors (Lipinski definition) is 1. The predicted molar refractivity (Wildman–Crippen MR) is 132 cm³/mol. The van der Waals surface area contributed by atoms with Crippen molar-refractivity contribution in [3.63, 3.8) is 0 Å². The smallest absolute Gasteiger partial charge is 0.295 e. The third-order valence-electron chi connectivity index (χ3n) is 4.65. The monoisotopic (exact) mass is 515 g/mol. The van der Waals surface area contributed by atoms with E-state index in [2.05, 4.69) is 15.5 Å². The van der Waals surface area contributed by atoms with E-state index < -0.39 is 5.91 Å². The van der Waals surface area contributed by atoms with E-state index in [1.54, 1.807) is 30.3 Å². The molecule has 0 aliphatic rings. The van der Waals surface area contributed by atoms with Gasteiger partial charge in [-0.15, -0.1) is 5.10 Å². The maximum atomic E-state index is 12.9. The highest BCUT2D eigenvalue weighted by atomic mass is 35.5. The molecule has 7 nitrogen and oxygen atoms in total. The molecule has 4 aromatic rings. The first-order valence-corrected chi connectivity index (χ1v) is 11.7. The number of halogens is 2. The van der Waals surface area contributed by atoms with Crippen molar-refractivity contribution in [1.29, 1.82) is 0 Å². The zero-order chi connectivity index (χ0) is 23.9. The molecule has 0 bridgehead atoms. The number of carbonyl (C=O) groups excluding carboxylic acids is 1. The van der Waals surface area contributed by atoms with Gasteiger partial charge in [-0.05, 0) is 35.6 Å². The number of nitrogens with zero attached hydrogens (tertiary/aromatic N) is 2. The van der Waals surface area contributed by atoms with Crippen LogP contribution in [-0.4, -0.2) is 23.2 Å². The van der Waals surface area contributed by atoms with Crippen molar-refractivity contribution in [3.8, 4) is 16.7 Å². The summed E-state index contributed by atoms with van der Waals surface area (Å²) in [6.07, 6.45) is 0. The number of amides is 1. The third-order valence-corrected chi connectivity index (χ3v) is 6.19. The molecule has 0 saturated carbocycles. The molecule has 0 aliphatic heterocycles. The van der Waals surface area contributed by atoms with Gasteiger partial charge in [0.25, 0.3) is 11.1 Å². The van der Waals surface area contributed by atoms with Crippen LogP contribution in [0.2, 0.25) is 10.0 Å². The number of rotatable bonds is 9. The summed E-state index contributed by atoms with van der Waals surface area (Å²) in [5, 5.41) is 12.3. The summed E-state index contributed by atoms with van der Waals surface area (Å²) < 4.78 is 16.9. The number of anilines is 1. The summed E-state index contributed by atoms with van der Waals surface area (Å²) >= 11 is 13.6. The van der Waals surface area contributed by atoms with Crippen molar-refractivity contribution in [3.05, 3.63) is 93.5 Å². The Kier molecular flexibility index (Phi) is 7.84. The Morgan fingerprint density at radius 2 is 1.44 bits per heavy atom. The molecule has 0 aliphatic carbocycles. The zero-order valence-corrected chi connectivity index (χ0v) is 20.3. The topological polar surface area (TPSA) is 82.6 Å². The van der Waals surface area contributed by atoms with Crippen molar-refractivity contribution in [2.24, 2.45) is 0 Å². The standard InChI is InChI=1S/C24H19Cl2N3O4S/c1-31-24-29-28-23(34-24)27-22(30)17-10-18(32-13-15-6-2-4-8-20(15)25)12-19(11-17)33-14-16-7-3-5-9-21(16)26/h2-12H,13-14H2,1H3,(H,27,28,30). The molecule has 0 spiro atoms. The molecule has 1 heterocycles. The first-order chi connectivity index (χ1) is 16.5. The molecule has 1 aromatic heterocycles. The first-order valence-electron chi connectivity index (χ1n) is 10.1. The lowest BCUT2D eigenvalue weighted by Crippen LogP contribution is -2.12. The Morgan fingerprint density at radius 3 is 1.94 bits per heavy atom. The summed E-state index contributed by atoms with van der Waals surface area (Å²) in [6, 6.07) is 19.7. The molecule has 10 heteroatoms. The first kappa shape index (κ1) is 23.8. The average Bonchev–Trinajstić information content (AvgIpc) is 3.30. The Morgan fingerprint density at radius 1 is 0.882 bits per heavy atom. The average molecular weight is 516 g/mol. The lowest BCUT2D eigenvalue weighted by molar-refractivity contribution is 0.102. The molecule has 0 unspecified atom stereocenters. The Bertz CT molecular complexity index is 1230. The molecule has 0 fully saturated rings. The van der Waals surface area contributed by atoms with Crippen LogP contribution in [0.5, 0.6) is 16.7 Å². The van der Waals surface area contributed by atoms with Gasteiger partial charge >= 0.3 is 0 Å². The van der Waals surface area contributed by atoms with Crippen LogP contribution >= 0.6 is 34.5 Å². The molecule has 0 radical (unpaired) electrons. The van der Waals surface area contributed by atoms with Crippen molar-refractivity contribution in [2.45, 2.75) is 13.2 Å². The number of benzene rings is 3. The van der Waals surface area contributed by atoms with E-state index in [0.717, 1.165) is 22.5 Å². The highest BCUT2D eigenvalue weighted by Crippen LogP contribution is 2.28. The number of carbonyl (C=O) groups is 1. The fraction of sp³-hybridized carbons (Fsp3) is 0.125. The van der Waals surface area contributed by atoms with Crippen LogP contribution < -0.4 is 19.5 Å². The molecule has 0 atom stereocenters. The summed E-state index contributed by atoms with van der Waals surface area (Å²) in [5.41, 5.74) is 1.96. The van der Waals surface area contributed by atoms with Gasteiger partial charge in [0.05, 0.1) is 7.11 Å². The van der Waals surface area contributed by atoms with Crippen LogP contribution in [0.4, 0.5) is 5.13 Å². The molecule has 174 valence electrons. The Labute approximate surface area is 210 Å². The SMILES string of the molecule is COc1nnc(NC(=O)c2cc(OCc3ccccc3Cl)cc(OCc3ccccc3Cl)c2)s1. The second kappa shape index (κ2) is 11.2. The largest absolute Gasteiger partial charge is 0.489 e. The highest BCUT2D eigenvalue weighted by Gasteiger charge is 2.14. The maximum absolute atomic E-state index is 12.9. The van der Waals surface area contributed by atoms with Crippen LogP contribution in [0.3, 0.4) is 0 Å². The number of nitrogens with one attached hydrogen (secondary N) is 1. The van der Waals surface area contributed by atoms with Gasteiger partial charge in [-0.25, -0.2) is 0 Å². The molecule has 4 rings (SSSR count). The fourth-order valence-electron chi connectivity index (χ4n) is 2.93. The van der Waals surface area contributed by atoms with Gasteiger partial charge in [-0.3, -0.25) is 10.1 Å². The van der Waals surface area contributed by atoms with E-state index in [9.17, 15) is 4.79 Å². The van der Waals surface area contributed by atoms with Gasteiger partial charge in [-0.2, -0.15) is 0 Å². The summed E-state index contributed by atoms with van der Waals surface area (Å²) in [5.74, 6) is 0.484. The molecule has 34 heavy (non-hydrogen) atoms. The van der Waals surface area contributed by atoms with E-state index in [1.165, 1.54) is 7.11 Å². The summed E-state index contributed by atoms with van der Waals surface area (Å²) in [7, 11) is 1.48. The van der Waals surface area contributed by atoms with Crippen molar-refractivity contribution in [2.75, 3.05) is 12.4 Å². The lowest BCUT2D eigenvalue weighted by Gasteiger charge is -2.13. The molecule has 1 N–H and O–H groups in total. The number of methoxy groups -OCH3 is 1. The van der Waals surface area contributed by atoms with Crippen LogP contribution in [0, 0.1) is 0 Å². The summed E-state index contributed by atoms with van der Waals surface area (Å²) in [6.45, 7) is 0.449. The van der Waals surface area contributed by atoms with Crippen LogP contribution in [0.1, 0.15) is 21.5 Å². The second-order valence-electron chi connectivity index (χ2n) is 6.98. The Balaban J connectivity index is 1.56. The molecular weight excluding hydrogens is 497 g/mol. The van der Waals surface area contributed by atoms with Gasteiger partial charge in [0.15, 0.2) is 0 Å². The van der Waals surface area contributed by atoms with E-state index >= 15 is 0 Å².